The van der Waals surface area contributed by atoms with Gasteiger partial charge in [0.1, 0.15) is 11.4 Å². The van der Waals surface area contributed by atoms with Crippen molar-refractivity contribution in [2.75, 3.05) is 6.61 Å². The quantitative estimate of drug-likeness (QED) is 0.812. The molecule has 0 fully saturated rings. The molecule has 0 atom stereocenters. The van der Waals surface area contributed by atoms with Crippen molar-refractivity contribution in [1.29, 1.82) is 0 Å². The van der Waals surface area contributed by atoms with Crippen molar-refractivity contribution in [3.05, 3.63) is 27.1 Å². The van der Waals surface area contributed by atoms with Crippen molar-refractivity contribution >= 4 is 27.5 Å². The van der Waals surface area contributed by atoms with E-state index in [1.807, 2.05) is 27.7 Å². The van der Waals surface area contributed by atoms with Crippen LogP contribution in [0.15, 0.2) is 11.1 Å². The Morgan fingerprint density at radius 1 is 1.45 bits per heavy atom. The summed E-state index contributed by atoms with van der Waals surface area (Å²) in [6, 6.07) is 0. The Morgan fingerprint density at radius 2 is 2.15 bits per heavy atom. The van der Waals surface area contributed by atoms with Gasteiger partial charge in [-0.15, -0.1) is 11.3 Å². The van der Waals surface area contributed by atoms with Crippen molar-refractivity contribution in [2.45, 2.75) is 34.2 Å². The molecule has 2 rings (SSSR count). The van der Waals surface area contributed by atoms with E-state index in [9.17, 15) is 9.59 Å². The van der Waals surface area contributed by atoms with Gasteiger partial charge in [0.15, 0.2) is 0 Å². The van der Waals surface area contributed by atoms with Crippen LogP contribution in [0.1, 0.15) is 24.3 Å². The van der Waals surface area contributed by atoms with E-state index in [-0.39, 0.29) is 18.0 Å². The minimum Gasteiger partial charge on any atom is -0.464 e. The van der Waals surface area contributed by atoms with Crippen molar-refractivity contribution < 1.29 is 9.53 Å². The molecule has 0 amide bonds. The summed E-state index contributed by atoms with van der Waals surface area (Å²) in [5, 5.41) is 0.603. The molecule has 0 unspecified atom stereocenters. The maximum Gasteiger partial charge on any atom is 0.326 e. The number of carbonyl (C=O) groups excluding carboxylic acids is 1. The van der Waals surface area contributed by atoms with E-state index in [0.717, 1.165) is 15.3 Å². The SMILES string of the molecule is Cc1sc2ncn(CC(=O)OCC(C)C)c(=O)c2c1C. The lowest BCUT2D eigenvalue weighted by Crippen LogP contribution is -2.26. The van der Waals surface area contributed by atoms with E-state index < -0.39 is 5.97 Å². The van der Waals surface area contributed by atoms with E-state index in [0.29, 0.717) is 12.0 Å². The Bertz CT molecular complexity index is 700. The molecule has 0 saturated carbocycles. The van der Waals surface area contributed by atoms with Gasteiger partial charge in [-0.05, 0) is 25.3 Å². The molecular formula is C14H18N2O3S. The van der Waals surface area contributed by atoms with Crippen LogP contribution in [-0.4, -0.2) is 22.1 Å². The summed E-state index contributed by atoms with van der Waals surface area (Å²) in [7, 11) is 0. The van der Waals surface area contributed by atoms with Gasteiger partial charge in [0, 0.05) is 4.88 Å². The molecule has 5 nitrogen and oxygen atoms in total. The number of rotatable bonds is 4. The molecule has 0 aliphatic carbocycles. The molecule has 0 spiro atoms. The van der Waals surface area contributed by atoms with Crippen LogP contribution in [0.3, 0.4) is 0 Å². The minimum atomic E-state index is -0.411. The Morgan fingerprint density at radius 3 is 2.80 bits per heavy atom. The summed E-state index contributed by atoms with van der Waals surface area (Å²) < 4.78 is 6.40. The Kier molecular flexibility index (Phi) is 4.23. The van der Waals surface area contributed by atoms with Crippen LogP contribution in [0.4, 0.5) is 0 Å². The lowest BCUT2D eigenvalue weighted by atomic mass is 10.2. The van der Waals surface area contributed by atoms with E-state index in [2.05, 4.69) is 4.98 Å². The number of fused-ring (bicyclic) bond motifs is 1. The first-order chi connectivity index (χ1) is 9.40. The predicted molar refractivity (Wildman–Crippen MR) is 79.2 cm³/mol. The number of aromatic nitrogens is 2. The second-order valence-electron chi connectivity index (χ2n) is 5.22. The fourth-order valence-electron chi connectivity index (χ4n) is 1.83. The van der Waals surface area contributed by atoms with Crippen LogP contribution in [0.2, 0.25) is 0 Å². The standard InChI is InChI=1S/C14H18N2O3S/c1-8(2)6-19-11(17)5-16-7-15-13-12(14(16)18)9(3)10(4)20-13/h7-8H,5-6H2,1-4H3. The first kappa shape index (κ1) is 14.7. The molecule has 108 valence electrons. The molecule has 2 aromatic heterocycles. The number of hydrogen-bond acceptors (Lipinski definition) is 5. The topological polar surface area (TPSA) is 61.2 Å². The van der Waals surface area contributed by atoms with Crippen LogP contribution in [0.5, 0.6) is 0 Å². The Hall–Kier alpha value is -1.69. The largest absolute Gasteiger partial charge is 0.464 e. The Labute approximate surface area is 121 Å². The number of carbonyl (C=O) groups is 1. The lowest BCUT2D eigenvalue weighted by Gasteiger charge is -2.08. The minimum absolute atomic E-state index is 0.0944. The fourth-order valence-corrected chi connectivity index (χ4v) is 2.81. The number of esters is 1. The van der Waals surface area contributed by atoms with Crippen LogP contribution < -0.4 is 5.56 Å². The number of hydrogen-bond donors (Lipinski definition) is 0. The van der Waals surface area contributed by atoms with Crippen LogP contribution in [0, 0.1) is 19.8 Å². The zero-order valence-corrected chi connectivity index (χ0v) is 12.9. The summed E-state index contributed by atoms with van der Waals surface area (Å²) in [6.45, 7) is 8.05. The molecule has 20 heavy (non-hydrogen) atoms. The van der Waals surface area contributed by atoms with Gasteiger partial charge in [-0.3, -0.25) is 14.2 Å². The maximum atomic E-state index is 12.4. The summed E-state index contributed by atoms with van der Waals surface area (Å²) in [5.74, 6) is -0.135. The monoisotopic (exact) mass is 294 g/mol. The highest BCUT2D eigenvalue weighted by molar-refractivity contribution is 7.18. The zero-order valence-electron chi connectivity index (χ0n) is 12.1. The summed E-state index contributed by atoms with van der Waals surface area (Å²) in [5.41, 5.74) is 0.755. The number of thiophene rings is 1. The van der Waals surface area contributed by atoms with Crippen molar-refractivity contribution in [1.82, 2.24) is 9.55 Å². The van der Waals surface area contributed by atoms with Gasteiger partial charge < -0.3 is 4.74 Å². The highest BCUT2D eigenvalue weighted by Gasteiger charge is 2.14. The molecule has 0 aliphatic heterocycles. The van der Waals surface area contributed by atoms with E-state index >= 15 is 0 Å². The highest BCUT2D eigenvalue weighted by Crippen LogP contribution is 2.25. The Balaban J connectivity index is 2.27. The highest BCUT2D eigenvalue weighted by atomic mass is 32.1. The van der Waals surface area contributed by atoms with Gasteiger partial charge in [0.2, 0.25) is 0 Å². The molecule has 0 bridgehead atoms. The number of aryl methyl sites for hydroxylation is 2. The van der Waals surface area contributed by atoms with Crippen molar-refractivity contribution in [2.24, 2.45) is 5.92 Å². The van der Waals surface area contributed by atoms with Gasteiger partial charge in [0.25, 0.3) is 5.56 Å². The van der Waals surface area contributed by atoms with E-state index in [1.54, 1.807) is 0 Å². The van der Waals surface area contributed by atoms with Crippen LogP contribution >= 0.6 is 11.3 Å². The van der Waals surface area contributed by atoms with Gasteiger partial charge in [-0.2, -0.15) is 0 Å². The second kappa shape index (κ2) is 5.75. The predicted octanol–water partition coefficient (Wildman–Crippen LogP) is 2.27. The summed E-state index contributed by atoms with van der Waals surface area (Å²) in [6.07, 6.45) is 1.41. The molecule has 0 N–H and O–H groups in total. The number of ether oxygens (including phenoxy) is 1. The van der Waals surface area contributed by atoms with Gasteiger partial charge in [-0.25, -0.2) is 4.98 Å². The molecule has 2 aromatic rings. The average Bonchev–Trinajstić information content (AvgIpc) is 2.67. The molecule has 6 heteroatoms. The molecule has 0 radical (unpaired) electrons. The number of nitrogens with zero attached hydrogens (tertiary/aromatic N) is 2. The smallest absolute Gasteiger partial charge is 0.326 e. The van der Waals surface area contributed by atoms with Gasteiger partial charge >= 0.3 is 5.97 Å². The van der Waals surface area contributed by atoms with Crippen LogP contribution in [-0.2, 0) is 16.1 Å². The van der Waals surface area contributed by atoms with E-state index in [1.165, 1.54) is 22.2 Å². The van der Waals surface area contributed by atoms with Gasteiger partial charge in [-0.1, -0.05) is 13.8 Å². The first-order valence-electron chi connectivity index (χ1n) is 6.51. The molecular weight excluding hydrogens is 276 g/mol. The molecule has 2 heterocycles. The maximum absolute atomic E-state index is 12.4. The third-order valence-corrected chi connectivity index (χ3v) is 4.15. The zero-order chi connectivity index (χ0) is 14.9. The molecule has 0 saturated heterocycles. The summed E-state index contributed by atoms with van der Waals surface area (Å²) in [4.78, 5) is 30.1. The van der Waals surface area contributed by atoms with Crippen LogP contribution in [0.25, 0.3) is 10.2 Å². The van der Waals surface area contributed by atoms with Crippen molar-refractivity contribution in [3.63, 3.8) is 0 Å². The lowest BCUT2D eigenvalue weighted by molar-refractivity contribution is -0.145. The normalized spacial score (nSPS) is 11.2. The second-order valence-corrected chi connectivity index (χ2v) is 6.42. The van der Waals surface area contributed by atoms with E-state index in [4.69, 9.17) is 4.74 Å². The fraction of sp³-hybridized carbons (Fsp3) is 0.500. The van der Waals surface area contributed by atoms with Crippen molar-refractivity contribution in [3.8, 4) is 0 Å². The first-order valence-corrected chi connectivity index (χ1v) is 7.32. The summed E-state index contributed by atoms with van der Waals surface area (Å²) >= 11 is 1.49. The average molecular weight is 294 g/mol. The molecule has 0 aliphatic rings. The third kappa shape index (κ3) is 2.90. The van der Waals surface area contributed by atoms with Gasteiger partial charge in [0.05, 0.1) is 18.3 Å². The molecule has 0 aromatic carbocycles. The third-order valence-electron chi connectivity index (χ3n) is 3.03.